The van der Waals surface area contributed by atoms with Crippen LogP contribution in [0.3, 0.4) is 0 Å². The first-order valence-electron chi connectivity index (χ1n) is 11.0. The molecule has 1 N–H and O–H groups in total. The Balaban J connectivity index is 1.07. The quantitative estimate of drug-likeness (QED) is 0.691. The van der Waals surface area contributed by atoms with Crippen LogP contribution in [-0.4, -0.2) is 66.8 Å². The number of halogens is 1. The standard InChI is InChI=1S/C23H28ClN5O2/c24-22-4-3-17-2-1-7-29(23(17)27-22)11-10-28-8-5-18(6-9-28)25-15-19-14-20-21(16-26-19)31-13-12-30-20/h1-4,14,16,18,25H,5-13,15H2. The lowest BCUT2D eigenvalue weighted by Crippen LogP contribution is -2.45. The first kappa shape index (κ1) is 20.5. The van der Waals surface area contributed by atoms with Crippen LogP contribution >= 0.6 is 11.6 Å². The van der Waals surface area contributed by atoms with Gasteiger partial charge in [0.25, 0.3) is 0 Å². The molecule has 0 aromatic carbocycles. The van der Waals surface area contributed by atoms with Crippen LogP contribution in [0, 0.1) is 0 Å². The van der Waals surface area contributed by atoms with Gasteiger partial charge in [-0.25, -0.2) is 4.98 Å². The minimum absolute atomic E-state index is 0.519. The number of nitrogens with zero attached hydrogens (tertiary/aromatic N) is 4. The number of hydrogen-bond donors (Lipinski definition) is 1. The highest BCUT2D eigenvalue weighted by Gasteiger charge is 2.21. The number of nitrogens with one attached hydrogen (secondary N) is 1. The number of piperidine rings is 1. The Morgan fingerprint density at radius 2 is 1.94 bits per heavy atom. The van der Waals surface area contributed by atoms with Crippen molar-refractivity contribution in [1.29, 1.82) is 0 Å². The van der Waals surface area contributed by atoms with Crippen molar-refractivity contribution >= 4 is 23.5 Å². The fourth-order valence-corrected chi connectivity index (χ4v) is 4.51. The molecule has 5 rings (SSSR count). The maximum atomic E-state index is 6.12. The van der Waals surface area contributed by atoms with Gasteiger partial charge >= 0.3 is 0 Å². The van der Waals surface area contributed by atoms with E-state index < -0.39 is 0 Å². The zero-order valence-electron chi connectivity index (χ0n) is 17.6. The van der Waals surface area contributed by atoms with Crippen LogP contribution in [0.5, 0.6) is 11.5 Å². The molecule has 2 aromatic rings. The molecule has 0 radical (unpaired) electrons. The Hall–Kier alpha value is -2.35. The molecule has 0 saturated carbocycles. The summed E-state index contributed by atoms with van der Waals surface area (Å²) in [4.78, 5) is 13.9. The van der Waals surface area contributed by atoms with Gasteiger partial charge in [0.05, 0.1) is 11.9 Å². The Morgan fingerprint density at radius 1 is 1.10 bits per heavy atom. The molecule has 2 aromatic heterocycles. The van der Waals surface area contributed by atoms with E-state index in [1.807, 2.05) is 18.2 Å². The van der Waals surface area contributed by atoms with E-state index in [2.05, 4.69) is 37.2 Å². The molecule has 0 spiro atoms. The van der Waals surface area contributed by atoms with Gasteiger partial charge in [0.15, 0.2) is 11.5 Å². The van der Waals surface area contributed by atoms with Gasteiger partial charge in [-0.05, 0) is 38.1 Å². The third-order valence-corrected chi connectivity index (χ3v) is 6.34. The smallest absolute Gasteiger partial charge is 0.179 e. The molecule has 1 saturated heterocycles. The molecule has 0 aliphatic carbocycles. The molecule has 8 heteroatoms. The zero-order chi connectivity index (χ0) is 21.0. The number of aromatic nitrogens is 2. The van der Waals surface area contributed by atoms with E-state index in [4.69, 9.17) is 21.1 Å². The summed E-state index contributed by atoms with van der Waals surface area (Å²) in [6.45, 7) is 7.05. The molecular formula is C23H28ClN5O2. The van der Waals surface area contributed by atoms with Crippen molar-refractivity contribution in [3.05, 3.63) is 46.9 Å². The lowest BCUT2D eigenvalue weighted by molar-refractivity contribution is 0.170. The normalized spacial score (nSPS) is 18.8. The predicted molar refractivity (Wildman–Crippen MR) is 122 cm³/mol. The van der Waals surface area contributed by atoms with Crippen LogP contribution < -0.4 is 19.7 Å². The minimum atomic E-state index is 0.519. The van der Waals surface area contributed by atoms with Crippen molar-refractivity contribution in [1.82, 2.24) is 20.2 Å². The number of rotatable bonds is 6. The van der Waals surface area contributed by atoms with Crippen LogP contribution in [0.2, 0.25) is 5.15 Å². The van der Waals surface area contributed by atoms with Crippen molar-refractivity contribution in [2.75, 3.05) is 50.8 Å². The maximum absolute atomic E-state index is 6.12. The summed E-state index contributed by atoms with van der Waals surface area (Å²) in [5, 5.41) is 4.21. The van der Waals surface area contributed by atoms with Gasteiger partial charge < -0.3 is 24.6 Å². The molecule has 1 fully saturated rings. The topological polar surface area (TPSA) is 62.8 Å². The molecular weight excluding hydrogens is 414 g/mol. The fourth-order valence-electron chi connectivity index (χ4n) is 4.37. The van der Waals surface area contributed by atoms with Crippen molar-refractivity contribution in [3.63, 3.8) is 0 Å². The van der Waals surface area contributed by atoms with Gasteiger partial charge in [-0.2, -0.15) is 0 Å². The van der Waals surface area contributed by atoms with E-state index in [9.17, 15) is 0 Å². The number of pyridine rings is 2. The van der Waals surface area contributed by atoms with Crippen molar-refractivity contribution in [3.8, 4) is 11.5 Å². The van der Waals surface area contributed by atoms with Crippen molar-refractivity contribution < 1.29 is 9.47 Å². The summed E-state index contributed by atoms with van der Waals surface area (Å²) in [7, 11) is 0. The van der Waals surface area contributed by atoms with E-state index >= 15 is 0 Å². The molecule has 7 nitrogen and oxygen atoms in total. The Bertz CT molecular complexity index is 946. The molecule has 5 heterocycles. The highest BCUT2D eigenvalue weighted by molar-refractivity contribution is 6.29. The monoisotopic (exact) mass is 441 g/mol. The van der Waals surface area contributed by atoms with Crippen LogP contribution in [-0.2, 0) is 6.54 Å². The molecule has 0 atom stereocenters. The van der Waals surface area contributed by atoms with Gasteiger partial charge in [-0.1, -0.05) is 23.8 Å². The molecule has 0 unspecified atom stereocenters. The molecule has 0 amide bonds. The lowest BCUT2D eigenvalue weighted by Gasteiger charge is -2.35. The highest BCUT2D eigenvalue weighted by Crippen LogP contribution is 2.29. The van der Waals surface area contributed by atoms with Crippen molar-refractivity contribution in [2.24, 2.45) is 0 Å². The first-order chi connectivity index (χ1) is 15.2. The average Bonchev–Trinajstić information content (AvgIpc) is 2.82. The van der Waals surface area contributed by atoms with Crippen molar-refractivity contribution in [2.45, 2.75) is 25.4 Å². The van der Waals surface area contributed by atoms with Crippen LogP contribution in [0.25, 0.3) is 6.08 Å². The van der Waals surface area contributed by atoms with Gasteiger partial charge in [0.2, 0.25) is 0 Å². The Kier molecular flexibility index (Phi) is 6.25. The van der Waals surface area contributed by atoms with E-state index in [1.165, 1.54) is 0 Å². The molecule has 31 heavy (non-hydrogen) atoms. The highest BCUT2D eigenvalue weighted by atomic mass is 35.5. The van der Waals surface area contributed by atoms with E-state index in [-0.39, 0.29) is 0 Å². The summed E-state index contributed by atoms with van der Waals surface area (Å²) < 4.78 is 11.2. The molecule has 3 aliphatic rings. The van der Waals surface area contributed by atoms with Crippen LogP contribution in [0.15, 0.2) is 30.5 Å². The SMILES string of the molecule is Clc1ccc2c(n1)N(CCN1CCC(NCc3cc4c(cn3)OCCO4)CC1)CC=C2. The summed E-state index contributed by atoms with van der Waals surface area (Å²) in [5.41, 5.74) is 2.14. The van der Waals surface area contributed by atoms with Gasteiger partial charge in [-0.3, -0.25) is 4.98 Å². The Labute approximate surface area is 188 Å². The lowest BCUT2D eigenvalue weighted by atomic mass is 10.0. The number of ether oxygens (including phenoxy) is 2. The van der Waals surface area contributed by atoms with Gasteiger partial charge in [0, 0.05) is 43.9 Å². The third kappa shape index (κ3) is 4.95. The summed E-state index contributed by atoms with van der Waals surface area (Å²) in [5.74, 6) is 2.55. The first-order valence-corrected chi connectivity index (χ1v) is 11.4. The summed E-state index contributed by atoms with van der Waals surface area (Å²) in [6.07, 6.45) is 8.38. The second-order valence-electron chi connectivity index (χ2n) is 8.21. The number of hydrogen-bond acceptors (Lipinski definition) is 7. The predicted octanol–water partition coefficient (Wildman–Crippen LogP) is 2.99. The molecule has 3 aliphatic heterocycles. The average molecular weight is 442 g/mol. The second kappa shape index (κ2) is 9.42. The zero-order valence-corrected chi connectivity index (χ0v) is 18.4. The number of anilines is 1. The summed E-state index contributed by atoms with van der Waals surface area (Å²) >= 11 is 6.12. The van der Waals surface area contributed by atoms with Gasteiger partial charge in [-0.15, -0.1) is 0 Å². The summed E-state index contributed by atoms with van der Waals surface area (Å²) in [6, 6.07) is 6.40. The maximum Gasteiger partial charge on any atom is 0.179 e. The van der Waals surface area contributed by atoms with Crippen LogP contribution in [0.4, 0.5) is 5.82 Å². The fraction of sp³-hybridized carbons (Fsp3) is 0.478. The van der Waals surface area contributed by atoms with Gasteiger partial charge in [0.1, 0.15) is 24.2 Å². The largest absolute Gasteiger partial charge is 0.486 e. The number of likely N-dealkylation sites (tertiary alicyclic amines) is 1. The third-order valence-electron chi connectivity index (χ3n) is 6.13. The molecule has 0 bridgehead atoms. The van der Waals surface area contributed by atoms with E-state index in [1.54, 1.807) is 6.20 Å². The second-order valence-corrected chi connectivity index (χ2v) is 8.60. The molecule has 164 valence electrons. The Morgan fingerprint density at radius 3 is 2.81 bits per heavy atom. The van der Waals surface area contributed by atoms with Crippen LogP contribution in [0.1, 0.15) is 24.1 Å². The number of fused-ring (bicyclic) bond motifs is 2. The van der Waals surface area contributed by atoms with E-state index in [0.717, 1.165) is 80.7 Å². The van der Waals surface area contributed by atoms with E-state index in [0.29, 0.717) is 24.4 Å². The minimum Gasteiger partial charge on any atom is -0.486 e.